The molecule has 1 aromatic carbocycles. The number of aromatic nitrogens is 2. The normalized spacial score (nSPS) is 10.6. The fourth-order valence-electron chi connectivity index (χ4n) is 1.36. The van der Waals surface area contributed by atoms with Crippen molar-refractivity contribution >= 4 is 29.3 Å². The summed E-state index contributed by atoms with van der Waals surface area (Å²) in [6.45, 7) is 0. The summed E-state index contributed by atoms with van der Waals surface area (Å²) in [5.41, 5.74) is 6.59. The topological polar surface area (TPSA) is 51.8 Å². The van der Waals surface area contributed by atoms with Crippen LogP contribution in [0.4, 0.5) is 10.2 Å². The molecule has 0 aliphatic carbocycles. The number of benzene rings is 1. The molecule has 0 amide bonds. The third kappa shape index (κ3) is 3.61. The standard InChI is InChI=1S/C12H12FN3S2/c1-17-11-6-10(14)15-12(16-11)18-7-8-3-2-4-9(13)5-8/h2-6H,7H2,1H3,(H2,14,15,16). The van der Waals surface area contributed by atoms with E-state index in [2.05, 4.69) is 9.97 Å². The van der Waals surface area contributed by atoms with Crippen molar-refractivity contribution in [2.24, 2.45) is 0 Å². The Morgan fingerprint density at radius 1 is 1.28 bits per heavy atom. The quantitative estimate of drug-likeness (QED) is 0.530. The van der Waals surface area contributed by atoms with Gasteiger partial charge in [0.25, 0.3) is 0 Å². The number of hydrogen-bond donors (Lipinski definition) is 1. The van der Waals surface area contributed by atoms with Crippen molar-refractivity contribution in [2.75, 3.05) is 12.0 Å². The van der Waals surface area contributed by atoms with Gasteiger partial charge >= 0.3 is 0 Å². The van der Waals surface area contributed by atoms with Crippen LogP contribution in [0.15, 0.2) is 40.5 Å². The second-order valence-corrected chi connectivity index (χ2v) is 5.31. The van der Waals surface area contributed by atoms with E-state index in [-0.39, 0.29) is 5.82 Å². The molecule has 6 heteroatoms. The number of nitrogens with two attached hydrogens (primary N) is 1. The Labute approximate surface area is 113 Å². The summed E-state index contributed by atoms with van der Waals surface area (Å²) in [5.74, 6) is 0.845. The second-order valence-electron chi connectivity index (χ2n) is 3.54. The molecule has 0 saturated carbocycles. The summed E-state index contributed by atoms with van der Waals surface area (Å²) in [5, 5.41) is 1.45. The van der Waals surface area contributed by atoms with Crippen LogP contribution in [0, 0.1) is 5.82 Å². The Bertz CT molecular complexity index is 549. The van der Waals surface area contributed by atoms with Gasteiger partial charge in [-0.25, -0.2) is 14.4 Å². The summed E-state index contributed by atoms with van der Waals surface area (Å²) < 4.78 is 13.0. The maximum absolute atomic E-state index is 13.0. The molecule has 18 heavy (non-hydrogen) atoms. The second kappa shape index (κ2) is 6.06. The molecule has 1 heterocycles. The van der Waals surface area contributed by atoms with Gasteiger partial charge in [-0.05, 0) is 24.0 Å². The molecule has 0 saturated heterocycles. The molecule has 0 aliphatic heterocycles. The molecule has 3 nitrogen and oxygen atoms in total. The van der Waals surface area contributed by atoms with Gasteiger partial charge in [0.05, 0.1) is 0 Å². The molecule has 0 unspecified atom stereocenters. The Balaban J connectivity index is 2.08. The summed E-state index contributed by atoms with van der Waals surface area (Å²) in [6, 6.07) is 8.24. The van der Waals surface area contributed by atoms with Crippen LogP contribution in [0.2, 0.25) is 0 Å². The maximum Gasteiger partial charge on any atom is 0.190 e. The highest BCUT2D eigenvalue weighted by Crippen LogP contribution is 2.23. The number of halogens is 1. The number of hydrogen-bond acceptors (Lipinski definition) is 5. The van der Waals surface area contributed by atoms with E-state index in [0.29, 0.717) is 16.7 Å². The van der Waals surface area contributed by atoms with Crippen LogP contribution in [0.3, 0.4) is 0 Å². The number of anilines is 1. The molecular formula is C12H12FN3S2. The molecule has 2 aromatic rings. The molecule has 0 bridgehead atoms. The van der Waals surface area contributed by atoms with Crippen LogP contribution in [-0.4, -0.2) is 16.2 Å². The average molecular weight is 281 g/mol. The van der Waals surface area contributed by atoms with Crippen molar-refractivity contribution in [3.63, 3.8) is 0 Å². The van der Waals surface area contributed by atoms with E-state index >= 15 is 0 Å². The number of nitrogen functional groups attached to an aromatic ring is 1. The predicted octanol–water partition coefficient (Wildman–Crippen LogP) is 3.21. The first-order valence-corrected chi connectivity index (χ1v) is 7.44. The first-order chi connectivity index (χ1) is 8.67. The van der Waals surface area contributed by atoms with Crippen molar-refractivity contribution in [3.05, 3.63) is 41.7 Å². The van der Waals surface area contributed by atoms with Gasteiger partial charge in [-0.15, -0.1) is 11.8 Å². The lowest BCUT2D eigenvalue weighted by atomic mass is 10.2. The van der Waals surface area contributed by atoms with E-state index in [9.17, 15) is 4.39 Å². The van der Waals surface area contributed by atoms with Crippen molar-refractivity contribution < 1.29 is 4.39 Å². The maximum atomic E-state index is 13.0. The Kier molecular flexibility index (Phi) is 4.43. The molecule has 0 fully saturated rings. The smallest absolute Gasteiger partial charge is 0.190 e. The van der Waals surface area contributed by atoms with E-state index in [0.717, 1.165) is 10.6 Å². The third-order valence-corrected chi connectivity index (χ3v) is 3.71. The minimum absolute atomic E-state index is 0.230. The van der Waals surface area contributed by atoms with Gasteiger partial charge < -0.3 is 5.73 Å². The van der Waals surface area contributed by atoms with E-state index < -0.39 is 0 Å². The molecule has 0 spiro atoms. The average Bonchev–Trinajstić information content (AvgIpc) is 2.36. The van der Waals surface area contributed by atoms with E-state index in [4.69, 9.17) is 5.73 Å². The summed E-state index contributed by atoms with van der Waals surface area (Å²) in [4.78, 5) is 8.47. The summed E-state index contributed by atoms with van der Waals surface area (Å²) in [6.07, 6.45) is 1.93. The van der Waals surface area contributed by atoms with Crippen molar-refractivity contribution in [3.8, 4) is 0 Å². The lowest BCUT2D eigenvalue weighted by molar-refractivity contribution is 0.626. The van der Waals surface area contributed by atoms with Crippen LogP contribution in [0.5, 0.6) is 0 Å². The molecule has 0 atom stereocenters. The first kappa shape index (κ1) is 13.2. The van der Waals surface area contributed by atoms with Crippen LogP contribution >= 0.6 is 23.5 Å². The van der Waals surface area contributed by atoms with Crippen LogP contribution in [0.25, 0.3) is 0 Å². The Morgan fingerprint density at radius 2 is 2.11 bits per heavy atom. The first-order valence-electron chi connectivity index (χ1n) is 5.23. The fourth-order valence-corrected chi connectivity index (χ4v) is 2.65. The highest BCUT2D eigenvalue weighted by molar-refractivity contribution is 7.99. The van der Waals surface area contributed by atoms with E-state index in [1.54, 1.807) is 12.1 Å². The highest BCUT2D eigenvalue weighted by Gasteiger charge is 2.04. The SMILES string of the molecule is CSc1cc(N)nc(SCc2cccc(F)c2)n1. The van der Waals surface area contributed by atoms with Gasteiger partial charge in [-0.2, -0.15) is 0 Å². The third-order valence-electron chi connectivity index (χ3n) is 2.17. The molecule has 0 aliphatic rings. The van der Waals surface area contributed by atoms with Crippen molar-refractivity contribution in [1.82, 2.24) is 9.97 Å². The van der Waals surface area contributed by atoms with Gasteiger partial charge in [-0.3, -0.25) is 0 Å². The van der Waals surface area contributed by atoms with E-state index in [1.807, 2.05) is 12.3 Å². The lowest BCUT2D eigenvalue weighted by Gasteiger charge is -2.04. The van der Waals surface area contributed by atoms with Gasteiger partial charge in [0, 0.05) is 11.8 Å². The fraction of sp³-hybridized carbons (Fsp3) is 0.167. The predicted molar refractivity (Wildman–Crippen MR) is 74.2 cm³/mol. The van der Waals surface area contributed by atoms with Crippen molar-refractivity contribution in [1.29, 1.82) is 0 Å². The zero-order valence-corrected chi connectivity index (χ0v) is 11.4. The Morgan fingerprint density at radius 3 is 2.83 bits per heavy atom. The van der Waals surface area contributed by atoms with Crippen LogP contribution < -0.4 is 5.73 Å². The minimum Gasteiger partial charge on any atom is -0.384 e. The minimum atomic E-state index is -0.230. The number of thioether (sulfide) groups is 2. The molecule has 0 radical (unpaired) electrons. The molecule has 2 N–H and O–H groups in total. The summed E-state index contributed by atoms with van der Waals surface area (Å²) in [7, 11) is 0. The van der Waals surface area contributed by atoms with Crippen LogP contribution in [-0.2, 0) is 5.75 Å². The number of nitrogens with zero attached hydrogens (tertiary/aromatic N) is 2. The summed E-state index contributed by atoms with van der Waals surface area (Å²) >= 11 is 2.96. The largest absolute Gasteiger partial charge is 0.384 e. The Hall–Kier alpha value is -1.27. The molecule has 2 rings (SSSR count). The van der Waals surface area contributed by atoms with E-state index in [1.165, 1.54) is 35.7 Å². The zero-order valence-electron chi connectivity index (χ0n) is 9.76. The van der Waals surface area contributed by atoms with Crippen molar-refractivity contribution in [2.45, 2.75) is 15.9 Å². The van der Waals surface area contributed by atoms with Gasteiger partial charge in [-0.1, -0.05) is 23.9 Å². The highest BCUT2D eigenvalue weighted by atomic mass is 32.2. The van der Waals surface area contributed by atoms with Gasteiger partial charge in [0.2, 0.25) is 0 Å². The number of rotatable bonds is 4. The van der Waals surface area contributed by atoms with Gasteiger partial charge in [0.1, 0.15) is 16.7 Å². The molecule has 94 valence electrons. The van der Waals surface area contributed by atoms with Crippen LogP contribution in [0.1, 0.15) is 5.56 Å². The van der Waals surface area contributed by atoms with Gasteiger partial charge in [0.15, 0.2) is 5.16 Å². The monoisotopic (exact) mass is 281 g/mol. The molecular weight excluding hydrogens is 269 g/mol. The molecule has 1 aromatic heterocycles. The zero-order chi connectivity index (χ0) is 13.0. The lowest BCUT2D eigenvalue weighted by Crippen LogP contribution is -1.96.